The molecule has 0 aliphatic heterocycles. The fourth-order valence-corrected chi connectivity index (χ4v) is 6.72. The van der Waals surface area contributed by atoms with Crippen molar-refractivity contribution in [1.82, 2.24) is 14.1 Å². The number of hydrogen-bond donors (Lipinski definition) is 0. The predicted octanol–water partition coefficient (Wildman–Crippen LogP) is 10.1. The van der Waals surface area contributed by atoms with Crippen LogP contribution in [0.25, 0.3) is 76.9 Å². The second-order valence-corrected chi connectivity index (χ2v) is 10.9. The molecule has 3 heteroatoms. The van der Waals surface area contributed by atoms with Crippen molar-refractivity contribution in [2.45, 2.75) is 0 Å². The van der Waals surface area contributed by atoms with Gasteiger partial charge < -0.3 is 9.13 Å². The van der Waals surface area contributed by atoms with Crippen LogP contribution in [-0.4, -0.2) is 14.1 Å². The molecule has 9 rings (SSSR count). The lowest BCUT2D eigenvalue weighted by atomic mass is 9.99. The van der Waals surface area contributed by atoms with Gasteiger partial charge >= 0.3 is 0 Å². The van der Waals surface area contributed by atoms with E-state index >= 15 is 0 Å². The molecule has 0 aliphatic carbocycles. The number of hydrogen-bond acceptors (Lipinski definition) is 1. The fourth-order valence-electron chi connectivity index (χ4n) is 6.72. The molecule has 196 valence electrons. The highest BCUT2D eigenvalue weighted by atomic mass is 15.0. The smallest absolute Gasteiger partial charge is 0.0730 e. The number of nitrogens with zero attached hydrogens (tertiary/aromatic N) is 3. The van der Waals surface area contributed by atoms with Crippen LogP contribution in [0.15, 0.2) is 152 Å². The number of rotatable bonds is 3. The van der Waals surface area contributed by atoms with Gasteiger partial charge in [0.2, 0.25) is 0 Å². The molecule has 42 heavy (non-hydrogen) atoms. The van der Waals surface area contributed by atoms with Gasteiger partial charge in [-0.2, -0.15) is 0 Å². The van der Waals surface area contributed by atoms with Crippen molar-refractivity contribution in [2.75, 3.05) is 0 Å². The van der Waals surface area contributed by atoms with Crippen LogP contribution in [0.3, 0.4) is 0 Å². The predicted molar refractivity (Wildman–Crippen MR) is 176 cm³/mol. The molecule has 3 aromatic heterocycles. The van der Waals surface area contributed by atoms with Crippen molar-refractivity contribution in [2.24, 2.45) is 0 Å². The van der Waals surface area contributed by atoms with Crippen molar-refractivity contribution in [3.05, 3.63) is 152 Å². The first kappa shape index (κ1) is 23.1. The maximum Gasteiger partial charge on any atom is 0.0730 e. The van der Waals surface area contributed by atoms with E-state index in [0.29, 0.717) is 0 Å². The molecule has 0 unspecified atom stereocenters. The van der Waals surface area contributed by atoms with E-state index < -0.39 is 0 Å². The lowest BCUT2D eigenvalue weighted by Crippen LogP contribution is -1.94. The Morgan fingerprint density at radius 2 is 1.07 bits per heavy atom. The Bertz CT molecular complexity index is 2460. The molecule has 0 spiro atoms. The summed E-state index contributed by atoms with van der Waals surface area (Å²) in [5.41, 5.74) is 9.30. The maximum absolute atomic E-state index is 4.77. The quantitative estimate of drug-likeness (QED) is 0.221. The Morgan fingerprint density at radius 1 is 0.405 bits per heavy atom. The Labute approximate surface area is 242 Å². The van der Waals surface area contributed by atoms with Crippen molar-refractivity contribution in [3.63, 3.8) is 0 Å². The number of fused-ring (bicyclic) bond motifs is 7. The summed E-state index contributed by atoms with van der Waals surface area (Å²) in [6.07, 6.45) is 4.02. The van der Waals surface area contributed by atoms with Crippen LogP contribution < -0.4 is 0 Å². The summed E-state index contributed by atoms with van der Waals surface area (Å²) < 4.78 is 4.71. The fraction of sp³-hybridized carbons (Fsp3) is 0. The van der Waals surface area contributed by atoms with Gasteiger partial charge in [0.25, 0.3) is 0 Å². The number of para-hydroxylation sites is 3. The lowest BCUT2D eigenvalue weighted by Gasteiger charge is -2.10. The summed E-state index contributed by atoms with van der Waals surface area (Å²) in [6, 6.07) is 50.1. The van der Waals surface area contributed by atoms with E-state index in [4.69, 9.17) is 4.98 Å². The minimum atomic E-state index is 1.11. The summed E-state index contributed by atoms with van der Waals surface area (Å²) in [7, 11) is 0. The largest absolute Gasteiger partial charge is 0.309 e. The molecule has 9 aromatic rings. The van der Waals surface area contributed by atoms with Crippen molar-refractivity contribution in [1.29, 1.82) is 0 Å². The first-order chi connectivity index (χ1) is 20.8. The average molecular weight is 536 g/mol. The monoisotopic (exact) mass is 535 g/mol. The van der Waals surface area contributed by atoms with Crippen molar-refractivity contribution in [3.8, 4) is 22.5 Å². The molecular formula is C39H25N3. The summed E-state index contributed by atoms with van der Waals surface area (Å²) >= 11 is 0. The third-order valence-corrected chi connectivity index (χ3v) is 8.57. The van der Waals surface area contributed by atoms with E-state index in [1.165, 1.54) is 54.6 Å². The van der Waals surface area contributed by atoms with Gasteiger partial charge in [0, 0.05) is 44.7 Å². The normalized spacial score (nSPS) is 11.8. The summed E-state index contributed by atoms with van der Waals surface area (Å²) in [6.45, 7) is 0. The van der Waals surface area contributed by atoms with Crippen LogP contribution in [0.2, 0.25) is 0 Å². The highest BCUT2D eigenvalue weighted by Crippen LogP contribution is 2.40. The highest BCUT2D eigenvalue weighted by molar-refractivity contribution is 6.17. The Hall–Kier alpha value is -5.67. The number of pyridine rings is 1. The molecule has 3 heterocycles. The summed E-state index contributed by atoms with van der Waals surface area (Å²) in [5, 5.41) is 7.42. The van der Waals surface area contributed by atoms with E-state index in [1.54, 1.807) is 0 Å². The first-order valence-corrected chi connectivity index (χ1v) is 14.3. The highest BCUT2D eigenvalue weighted by Gasteiger charge is 2.18. The number of aromatic nitrogens is 3. The third kappa shape index (κ3) is 3.31. The molecule has 0 amide bonds. The molecule has 0 radical (unpaired) electrons. The molecule has 0 aliphatic rings. The van der Waals surface area contributed by atoms with Gasteiger partial charge in [0.05, 0.1) is 28.3 Å². The van der Waals surface area contributed by atoms with E-state index in [-0.39, 0.29) is 0 Å². The topological polar surface area (TPSA) is 22.8 Å². The molecule has 0 saturated carbocycles. The molecule has 0 bridgehead atoms. The van der Waals surface area contributed by atoms with Crippen LogP contribution in [0.5, 0.6) is 0 Å². The zero-order valence-corrected chi connectivity index (χ0v) is 22.8. The molecule has 0 atom stereocenters. The molecule has 0 saturated heterocycles. The standard InChI is InChI=1S/C39H25N3/c1-2-12-29(13-3-1)41-36-17-9-7-15-32(36)39-34(24-40-25-38(39)41)28-19-21-37-33(23-28)31-14-6-8-16-35(31)42(37)30-20-18-26-10-4-5-11-27(26)22-30/h1-25H. The van der Waals surface area contributed by atoms with E-state index in [1.807, 2.05) is 12.4 Å². The lowest BCUT2D eigenvalue weighted by molar-refractivity contribution is 1.17. The van der Waals surface area contributed by atoms with Gasteiger partial charge in [-0.15, -0.1) is 0 Å². The minimum absolute atomic E-state index is 1.11. The van der Waals surface area contributed by atoms with E-state index in [9.17, 15) is 0 Å². The zero-order chi connectivity index (χ0) is 27.6. The molecular weight excluding hydrogens is 510 g/mol. The van der Waals surface area contributed by atoms with Crippen LogP contribution in [-0.2, 0) is 0 Å². The molecule has 6 aromatic carbocycles. The average Bonchev–Trinajstić information content (AvgIpc) is 3.58. The summed E-state index contributed by atoms with van der Waals surface area (Å²) in [5.74, 6) is 0. The van der Waals surface area contributed by atoms with Gasteiger partial charge in [-0.3, -0.25) is 4.98 Å². The Kier molecular flexibility index (Phi) is 4.90. The van der Waals surface area contributed by atoms with Crippen molar-refractivity contribution < 1.29 is 0 Å². The van der Waals surface area contributed by atoms with Crippen LogP contribution in [0.1, 0.15) is 0 Å². The Balaban J connectivity index is 1.32. The van der Waals surface area contributed by atoms with E-state index in [0.717, 1.165) is 22.3 Å². The second-order valence-electron chi connectivity index (χ2n) is 10.9. The first-order valence-electron chi connectivity index (χ1n) is 14.3. The van der Waals surface area contributed by atoms with Crippen LogP contribution >= 0.6 is 0 Å². The second kappa shape index (κ2) is 8.92. The molecule has 0 N–H and O–H groups in total. The van der Waals surface area contributed by atoms with Crippen LogP contribution in [0.4, 0.5) is 0 Å². The number of benzene rings is 6. The van der Waals surface area contributed by atoms with Gasteiger partial charge in [0.15, 0.2) is 0 Å². The van der Waals surface area contributed by atoms with Gasteiger partial charge in [0.1, 0.15) is 0 Å². The third-order valence-electron chi connectivity index (χ3n) is 8.57. The maximum atomic E-state index is 4.77. The summed E-state index contributed by atoms with van der Waals surface area (Å²) in [4.78, 5) is 4.77. The van der Waals surface area contributed by atoms with Gasteiger partial charge in [-0.1, -0.05) is 91.0 Å². The SMILES string of the molecule is c1ccc(-n2c3ccccc3c3c(-c4ccc5c(c4)c4ccccc4n5-c4ccc5ccccc5c4)cncc32)cc1. The minimum Gasteiger partial charge on any atom is -0.309 e. The Morgan fingerprint density at radius 3 is 1.93 bits per heavy atom. The molecule has 0 fully saturated rings. The van der Waals surface area contributed by atoms with Crippen LogP contribution in [0, 0.1) is 0 Å². The van der Waals surface area contributed by atoms with Gasteiger partial charge in [-0.25, -0.2) is 0 Å². The zero-order valence-electron chi connectivity index (χ0n) is 22.8. The van der Waals surface area contributed by atoms with Gasteiger partial charge in [-0.05, 0) is 64.9 Å². The van der Waals surface area contributed by atoms with E-state index in [2.05, 4.69) is 149 Å². The van der Waals surface area contributed by atoms with Crippen molar-refractivity contribution >= 4 is 54.4 Å². The molecule has 3 nitrogen and oxygen atoms in total.